The van der Waals surface area contributed by atoms with E-state index in [2.05, 4.69) is 12.2 Å². The molecule has 6 N–H and O–H groups in total. The van der Waals surface area contributed by atoms with E-state index in [1.807, 2.05) is 0 Å². The van der Waals surface area contributed by atoms with Gasteiger partial charge in [0, 0.05) is 6.54 Å². The molecule has 7 heteroatoms. The first-order valence-corrected chi connectivity index (χ1v) is 6.56. The van der Waals surface area contributed by atoms with Gasteiger partial charge in [0.05, 0.1) is 6.61 Å². The first-order chi connectivity index (χ1) is 8.95. The second-order valence-electron chi connectivity index (χ2n) is 4.53. The van der Waals surface area contributed by atoms with E-state index < -0.39 is 36.9 Å². The van der Waals surface area contributed by atoms with Crippen molar-refractivity contribution in [1.29, 1.82) is 0 Å². The van der Waals surface area contributed by atoms with Crippen LogP contribution in [0, 0.1) is 0 Å². The summed E-state index contributed by atoms with van der Waals surface area (Å²) >= 11 is 0. The molecule has 0 fully saturated rings. The second kappa shape index (κ2) is 10.1. The third-order valence-corrected chi connectivity index (χ3v) is 2.85. The van der Waals surface area contributed by atoms with Gasteiger partial charge in [-0.3, -0.25) is 4.79 Å². The van der Waals surface area contributed by atoms with Crippen molar-refractivity contribution in [3.63, 3.8) is 0 Å². The standard InChI is InChI=1S/C12H25NO6/c1-2-3-4-5-6-13-12(19)11(18)10(17)9(16)8(15)7-14/h8-11,14-18H,2-7H2,1H3,(H,13,19)/t8-,9-,10+,11-/m1/s1. The van der Waals surface area contributed by atoms with Crippen LogP contribution in [0.3, 0.4) is 0 Å². The zero-order valence-corrected chi connectivity index (χ0v) is 11.2. The molecule has 0 unspecified atom stereocenters. The minimum Gasteiger partial charge on any atom is -0.394 e. The number of hydrogen-bond acceptors (Lipinski definition) is 6. The maximum atomic E-state index is 11.5. The van der Waals surface area contributed by atoms with E-state index in [1.165, 1.54) is 0 Å². The van der Waals surface area contributed by atoms with Crippen molar-refractivity contribution >= 4 is 5.91 Å². The van der Waals surface area contributed by atoms with Crippen molar-refractivity contribution in [1.82, 2.24) is 5.32 Å². The van der Waals surface area contributed by atoms with Crippen LogP contribution in [0.4, 0.5) is 0 Å². The fourth-order valence-corrected chi connectivity index (χ4v) is 1.55. The topological polar surface area (TPSA) is 130 Å². The van der Waals surface area contributed by atoms with Crippen LogP contribution in [-0.2, 0) is 4.79 Å². The highest BCUT2D eigenvalue weighted by atomic mass is 16.4. The highest BCUT2D eigenvalue weighted by Gasteiger charge is 2.33. The average molecular weight is 279 g/mol. The third-order valence-electron chi connectivity index (χ3n) is 2.85. The molecule has 0 saturated heterocycles. The van der Waals surface area contributed by atoms with Gasteiger partial charge >= 0.3 is 0 Å². The van der Waals surface area contributed by atoms with E-state index in [0.29, 0.717) is 6.54 Å². The smallest absolute Gasteiger partial charge is 0.251 e. The van der Waals surface area contributed by atoms with E-state index >= 15 is 0 Å². The fourth-order valence-electron chi connectivity index (χ4n) is 1.55. The van der Waals surface area contributed by atoms with Crippen LogP contribution in [0.15, 0.2) is 0 Å². The molecule has 114 valence electrons. The van der Waals surface area contributed by atoms with Crippen LogP contribution >= 0.6 is 0 Å². The Morgan fingerprint density at radius 3 is 2.21 bits per heavy atom. The summed E-state index contributed by atoms with van der Waals surface area (Å²) in [6, 6.07) is 0. The average Bonchev–Trinajstić information content (AvgIpc) is 2.43. The minimum absolute atomic E-state index is 0.376. The summed E-state index contributed by atoms with van der Waals surface area (Å²) in [6.07, 6.45) is -3.23. The molecule has 0 bridgehead atoms. The Labute approximate surface area is 112 Å². The molecule has 0 spiro atoms. The predicted octanol–water partition coefficient (Wildman–Crippen LogP) is -1.88. The van der Waals surface area contributed by atoms with E-state index in [-0.39, 0.29) is 0 Å². The van der Waals surface area contributed by atoms with E-state index in [1.54, 1.807) is 0 Å². The number of rotatable bonds is 10. The summed E-state index contributed by atoms with van der Waals surface area (Å²) in [5.74, 6) is -0.812. The quantitative estimate of drug-likeness (QED) is 0.260. The van der Waals surface area contributed by atoms with Crippen molar-refractivity contribution in [3.8, 4) is 0 Å². The summed E-state index contributed by atoms with van der Waals surface area (Å²) in [4.78, 5) is 11.5. The molecule has 0 heterocycles. The number of unbranched alkanes of at least 4 members (excludes halogenated alkanes) is 3. The van der Waals surface area contributed by atoms with Gasteiger partial charge in [0.15, 0.2) is 6.10 Å². The number of carbonyl (C=O) groups excluding carboxylic acids is 1. The zero-order valence-electron chi connectivity index (χ0n) is 11.2. The molecule has 1 amide bonds. The number of amides is 1. The molecule has 0 aromatic rings. The van der Waals surface area contributed by atoms with Gasteiger partial charge in [-0.05, 0) is 6.42 Å². The molecule has 4 atom stereocenters. The normalized spacial score (nSPS) is 17.6. The van der Waals surface area contributed by atoms with Crippen LogP contribution in [0.2, 0.25) is 0 Å². The van der Waals surface area contributed by atoms with Crippen LogP contribution in [0.25, 0.3) is 0 Å². The van der Waals surface area contributed by atoms with Gasteiger partial charge in [0.2, 0.25) is 0 Å². The molecule has 7 nitrogen and oxygen atoms in total. The highest BCUT2D eigenvalue weighted by Crippen LogP contribution is 2.05. The number of aliphatic hydroxyl groups excluding tert-OH is 5. The monoisotopic (exact) mass is 279 g/mol. The Morgan fingerprint density at radius 2 is 1.68 bits per heavy atom. The first kappa shape index (κ1) is 18.3. The molecule has 0 aliphatic heterocycles. The highest BCUT2D eigenvalue weighted by molar-refractivity contribution is 5.81. The maximum absolute atomic E-state index is 11.5. The van der Waals surface area contributed by atoms with E-state index in [0.717, 1.165) is 25.7 Å². The number of nitrogens with one attached hydrogen (secondary N) is 1. The first-order valence-electron chi connectivity index (χ1n) is 6.56. The summed E-state index contributed by atoms with van der Waals surface area (Å²) in [5.41, 5.74) is 0. The van der Waals surface area contributed by atoms with Gasteiger partial charge in [0.25, 0.3) is 5.91 Å². The van der Waals surface area contributed by atoms with Crippen molar-refractivity contribution in [2.75, 3.05) is 13.2 Å². The van der Waals surface area contributed by atoms with Crippen molar-refractivity contribution in [3.05, 3.63) is 0 Å². The Bertz CT molecular complexity index is 250. The minimum atomic E-state index is -1.85. The number of carbonyl (C=O) groups is 1. The SMILES string of the molecule is CCCCCCNC(=O)[C@H](O)[C@@H](O)[C@H](O)[C@H](O)CO. The van der Waals surface area contributed by atoms with Gasteiger partial charge < -0.3 is 30.8 Å². The lowest BCUT2D eigenvalue weighted by molar-refractivity contribution is -0.148. The number of hydrogen-bond donors (Lipinski definition) is 6. The van der Waals surface area contributed by atoms with Gasteiger partial charge in [-0.15, -0.1) is 0 Å². The Hall–Kier alpha value is -0.730. The summed E-state index contributed by atoms with van der Waals surface area (Å²) in [7, 11) is 0. The van der Waals surface area contributed by atoms with Gasteiger partial charge in [-0.25, -0.2) is 0 Å². The molecular formula is C12H25NO6. The third kappa shape index (κ3) is 6.84. The molecule has 0 aromatic carbocycles. The maximum Gasteiger partial charge on any atom is 0.251 e. The molecule has 0 aliphatic carbocycles. The summed E-state index contributed by atoms with van der Waals surface area (Å²) in [5, 5.41) is 48.4. The lowest BCUT2D eigenvalue weighted by atomic mass is 10.0. The lowest BCUT2D eigenvalue weighted by Gasteiger charge is -2.24. The molecule has 0 rings (SSSR count). The van der Waals surface area contributed by atoms with E-state index in [9.17, 15) is 20.1 Å². The van der Waals surface area contributed by atoms with Crippen LogP contribution in [-0.4, -0.2) is 69.0 Å². The molecule has 0 aromatic heterocycles. The van der Waals surface area contributed by atoms with Crippen LogP contribution in [0.1, 0.15) is 32.6 Å². The van der Waals surface area contributed by atoms with Crippen molar-refractivity contribution < 1.29 is 30.3 Å². The largest absolute Gasteiger partial charge is 0.394 e. The van der Waals surface area contributed by atoms with Crippen molar-refractivity contribution in [2.45, 2.75) is 57.0 Å². The fraction of sp³-hybridized carbons (Fsp3) is 0.917. The van der Waals surface area contributed by atoms with Gasteiger partial charge in [0.1, 0.15) is 18.3 Å². The van der Waals surface area contributed by atoms with Gasteiger partial charge in [-0.2, -0.15) is 0 Å². The summed E-state index contributed by atoms with van der Waals surface area (Å²) in [6.45, 7) is 1.66. The molecule has 19 heavy (non-hydrogen) atoms. The molecule has 0 radical (unpaired) electrons. The second-order valence-corrected chi connectivity index (χ2v) is 4.53. The van der Waals surface area contributed by atoms with Crippen molar-refractivity contribution in [2.24, 2.45) is 0 Å². The van der Waals surface area contributed by atoms with Crippen LogP contribution in [0.5, 0.6) is 0 Å². The molecule has 0 saturated carbocycles. The Balaban J connectivity index is 4.03. The van der Waals surface area contributed by atoms with Crippen LogP contribution < -0.4 is 5.32 Å². The summed E-state index contributed by atoms with van der Waals surface area (Å²) < 4.78 is 0. The zero-order chi connectivity index (χ0) is 14.8. The lowest BCUT2D eigenvalue weighted by Crippen LogP contribution is -2.51. The molecule has 0 aliphatic rings. The predicted molar refractivity (Wildman–Crippen MR) is 68.3 cm³/mol. The Morgan fingerprint density at radius 1 is 1.05 bits per heavy atom. The Kier molecular flexibility index (Phi) is 9.72. The molecular weight excluding hydrogens is 254 g/mol. The van der Waals surface area contributed by atoms with Gasteiger partial charge in [-0.1, -0.05) is 26.2 Å². The number of aliphatic hydroxyl groups is 5. The van der Waals surface area contributed by atoms with E-state index in [4.69, 9.17) is 10.2 Å².